The quantitative estimate of drug-likeness (QED) is 0.255. The van der Waals surface area contributed by atoms with Gasteiger partial charge in [-0.2, -0.15) is 8.78 Å². The van der Waals surface area contributed by atoms with Crippen molar-refractivity contribution in [3.8, 4) is 11.5 Å². The third kappa shape index (κ3) is 7.44. The van der Waals surface area contributed by atoms with Gasteiger partial charge in [-0.15, -0.1) is 13.2 Å². The number of halogens is 7. The summed E-state index contributed by atoms with van der Waals surface area (Å²) in [6.07, 6.45) is 0.627. The van der Waals surface area contributed by atoms with Crippen molar-refractivity contribution in [3.63, 3.8) is 0 Å². The average Bonchev–Trinajstić information content (AvgIpc) is 2.83. The van der Waals surface area contributed by atoms with Gasteiger partial charge >= 0.3 is 12.5 Å². The number of alkyl halides is 5. The largest absolute Gasteiger partial charge is 0.573 e. The van der Waals surface area contributed by atoms with Crippen molar-refractivity contribution in [2.75, 3.05) is 0 Å². The van der Waals surface area contributed by atoms with E-state index in [4.69, 9.17) is 4.74 Å². The Hall–Kier alpha value is -2.71. The zero-order valence-electron chi connectivity index (χ0n) is 21.0. The van der Waals surface area contributed by atoms with Gasteiger partial charge in [0, 0.05) is 5.56 Å². The Morgan fingerprint density at radius 2 is 1.13 bits per heavy atom. The molecular weight excluding hydrogens is 513 g/mol. The van der Waals surface area contributed by atoms with Crippen molar-refractivity contribution in [1.29, 1.82) is 0 Å². The van der Waals surface area contributed by atoms with E-state index in [-0.39, 0.29) is 36.0 Å². The number of hydrogen-bond donors (Lipinski definition) is 0. The van der Waals surface area contributed by atoms with Gasteiger partial charge in [-0.05, 0) is 118 Å². The van der Waals surface area contributed by atoms with E-state index in [1.807, 2.05) is 0 Å². The molecule has 0 amide bonds. The first-order valence-electron chi connectivity index (χ1n) is 13.0. The number of hydrogen-bond acceptors (Lipinski definition) is 2. The van der Waals surface area contributed by atoms with Crippen molar-refractivity contribution in [3.05, 3.63) is 71.3 Å². The van der Waals surface area contributed by atoms with Crippen LogP contribution in [0.15, 0.2) is 48.6 Å². The Morgan fingerprint density at radius 1 is 0.684 bits per heavy atom. The van der Waals surface area contributed by atoms with E-state index >= 15 is 0 Å². The van der Waals surface area contributed by atoms with Gasteiger partial charge in [0.1, 0.15) is 23.1 Å². The van der Waals surface area contributed by atoms with Crippen molar-refractivity contribution in [2.24, 2.45) is 17.8 Å². The molecule has 38 heavy (non-hydrogen) atoms. The van der Waals surface area contributed by atoms with Crippen LogP contribution < -0.4 is 9.47 Å². The fourth-order valence-corrected chi connectivity index (χ4v) is 5.61. The molecule has 2 aromatic rings. The van der Waals surface area contributed by atoms with E-state index in [1.54, 1.807) is 6.92 Å². The fourth-order valence-electron chi connectivity index (χ4n) is 5.61. The lowest BCUT2D eigenvalue weighted by Gasteiger charge is -2.32. The Labute approximate surface area is 217 Å². The molecule has 0 spiro atoms. The molecule has 0 radical (unpaired) electrons. The van der Waals surface area contributed by atoms with Crippen LogP contribution in [0.25, 0.3) is 0 Å². The normalized spacial score (nSPS) is 24.9. The van der Waals surface area contributed by atoms with Crippen LogP contribution in [0.3, 0.4) is 0 Å². The number of benzene rings is 2. The number of ether oxygens (including phenoxy) is 2. The van der Waals surface area contributed by atoms with Gasteiger partial charge < -0.3 is 9.47 Å². The van der Waals surface area contributed by atoms with Gasteiger partial charge in [-0.3, -0.25) is 0 Å². The first-order valence-corrected chi connectivity index (χ1v) is 13.0. The molecule has 0 atom stereocenters. The van der Waals surface area contributed by atoms with Crippen LogP contribution in [0.5, 0.6) is 11.5 Å². The molecule has 2 aromatic carbocycles. The van der Waals surface area contributed by atoms with E-state index in [2.05, 4.69) is 16.9 Å². The maximum absolute atomic E-state index is 14.7. The molecule has 0 unspecified atom stereocenters. The molecule has 2 aliphatic rings. The second-order valence-electron chi connectivity index (χ2n) is 10.4. The molecule has 208 valence electrons. The summed E-state index contributed by atoms with van der Waals surface area (Å²) >= 11 is 0. The highest BCUT2D eigenvalue weighted by Crippen LogP contribution is 2.42. The predicted molar refractivity (Wildman–Crippen MR) is 129 cm³/mol. The van der Waals surface area contributed by atoms with Crippen LogP contribution in [0.4, 0.5) is 30.7 Å². The van der Waals surface area contributed by atoms with Crippen LogP contribution in [0, 0.1) is 36.3 Å². The molecule has 0 aromatic heterocycles. The predicted octanol–water partition coefficient (Wildman–Crippen LogP) is 9.48. The lowest BCUT2D eigenvalue weighted by molar-refractivity contribution is -0.274. The van der Waals surface area contributed by atoms with Crippen molar-refractivity contribution < 1.29 is 40.2 Å². The molecule has 2 fully saturated rings. The maximum atomic E-state index is 14.7. The molecule has 0 aliphatic heterocycles. The summed E-state index contributed by atoms with van der Waals surface area (Å²) in [5.74, 6) is -2.35. The van der Waals surface area contributed by atoms with E-state index in [9.17, 15) is 30.7 Å². The molecule has 9 heteroatoms. The van der Waals surface area contributed by atoms with Gasteiger partial charge in [0.05, 0.1) is 5.92 Å². The topological polar surface area (TPSA) is 18.5 Å². The monoisotopic (exact) mass is 544 g/mol. The molecule has 0 bridgehead atoms. The molecule has 2 saturated carbocycles. The lowest BCUT2D eigenvalue weighted by atomic mass is 9.77. The third-order valence-electron chi connectivity index (χ3n) is 7.62. The molecule has 0 N–H and O–H groups in total. The summed E-state index contributed by atoms with van der Waals surface area (Å²) in [5.41, 5.74) is 0.748. The minimum absolute atomic E-state index is 0.133. The van der Waals surface area contributed by atoms with Crippen LogP contribution in [-0.2, 0) is 0 Å². The minimum atomic E-state index is -4.86. The van der Waals surface area contributed by atoms with E-state index < -0.39 is 35.8 Å². The Kier molecular flexibility index (Phi) is 8.62. The average molecular weight is 545 g/mol. The molecule has 0 heterocycles. The van der Waals surface area contributed by atoms with E-state index in [0.717, 1.165) is 37.1 Å². The van der Waals surface area contributed by atoms with Crippen molar-refractivity contribution in [2.45, 2.75) is 76.7 Å². The van der Waals surface area contributed by atoms with Gasteiger partial charge in [0.15, 0.2) is 0 Å². The smallest absolute Gasteiger partial charge is 0.432 e. The standard InChI is InChI=1S/C29H31F7O2/c1-18-16-25(30)27(26(31)17-18)21-8-4-19(5-9-21)2-3-20-6-10-22(11-7-20)28(32,33)37-23-12-14-24(15-13-23)38-29(34,35)36/h2-3,12-17,19-22H,4-11H2,1H3/b3-2+. The Balaban J connectivity index is 1.23. The maximum Gasteiger partial charge on any atom is 0.573 e. The van der Waals surface area contributed by atoms with Crippen LogP contribution in [0.2, 0.25) is 0 Å². The summed E-state index contributed by atoms with van der Waals surface area (Å²) in [6, 6.07) is 6.67. The zero-order chi connectivity index (χ0) is 27.5. The summed E-state index contributed by atoms with van der Waals surface area (Å²) < 4.78 is 103. The number of aryl methyl sites for hydroxylation is 1. The van der Waals surface area contributed by atoms with Gasteiger partial charge in [-0.25, -0.2) is 8.78 Å². The highest BCUT2D eigenvalue weighted by atomic mass is 19.4. The second kappa shape index (κ2) is 11.6. The lowest BCUT2D eigenvalue weighted by Crippen LogP contribution is -2.37. The SMILES string of the molecule is Cc1cc(F)c(C2CCC(/C=C/C3CCC(C(F)(F)Oc4ccc(OC(F)(F)F)cc4)CC3)CC2)c(F)c1. The van der Waals surface area contributed by atoms with Gasteiger partial charge in [0.2, 0.25) is 0 Å². The van der Waals surface area contributed by atoms with E-state index in [0.29, 0.717) is 37.2 Å². The molecule has 0 saturated heterocycles. The van der Waals surface area contributed by atoms with Gasteiger partial charge in [-0.1, -0.05) is 12.2 Å². The molecule has 2 aliphatic carbocycles. The highest BCUT2D eigenvalue weighted by Gasteiger charge is 2.43. The van der Waals surface area contributed by atoms with Crippen molar-refractivity contribution >= 4 is 0 Å². The number of allylic oxidation sites excluding steroid dienone is 2. The van der Waals surface area contributed by atoms with Crippen LogP contribution in [0.1, 0.15) is 68.4 Å². The highest BCUT2D eigenvalue weighted by molar-refractivity contribution is 5.32. The summed E-state index contributed by atoms with van der Waals surface area (Å²) in [4.78, 5) is 0. The second-order valence-corrected chi connectivity index (χ2v) is 10.4. The van der Waals surface area contributed by atoms with Crippen LogP contribution in [-0.4, -0.2) is 12.5 Å². The summed E-state index contributed by atoms with van der Waals surface area (Å²) in [7, 11) is 0. The van der Waals surface area contributed by atoms with Crippen LogP contribution >= 0.6 is 0 Å². The Bertz CT molecular complexity index is 1070. The summed E-state index contributed by atoms with van der Waals surface area (Å²) in [5, 5.41) is 0. The first-order chi connectivity index (χ1) is 17.9. The van der Waals surface area contributed by atoms with E-state index in [1.165, 1.54) is 12.1 Å². The van der Waals surface area contributed by atoms with Gasteiger partial charge in [0.25, 0.3) is 0 Å². The zero-order valence-corrected chi connectivity index (χ0v) is 21.0. The molecular formula is C29H31F7O2. The Morgan fingerprint density at radius 3 is 1.61 bits per heavy atom. The van der Waals surface area contributed by atoms with Crippen molar-refractivity contribution in [1.82, 2.24) is 0 Å². The first kappa shape index (κ1) is 28.3. The molecule has 4 rings (SSSR count). The third-order valence-corrected chi connectivity index (χ3v) is 7.62. The minimum Gasteiger partial charge on any atom is -0.432 e. The molecule has 2 nitrogen and oxygen atoms in total. The fraction of sp³-hybridized carbons (Fsp3) is 0.517. The summed E-state index contributed by atoms with van der Waals surface area (Å²) in [6.45, 7) is 1.66. The number of rotatable bonds is 7.